The van der Waals surface area contributed by atoms with E-state index in [-0.39, 0.29) is 5.56 Å². The molecule has 0 unspecified atom stereocenters. The van der Waals surface area contributed by atoms with Crippen molar-refractivity contribution in [3.05, 3.63) is 40.6 Å². The topological polar surface area (TPSA) is 64.7 Å². The van der Waals surface area contributed by atoms with E-state index in [1.165, 1.54) is 4.68 Å². The Balaban J connectivity index is 2.08. The van der Waals surface area contributed by atoms with Crippen LogP contribution in [0.1, 0.15) is 39.4 Å². The Kier molecular flexibility index (Phi) is 4.77. The number of anilines is 1. The van der Waals surface area contributed by atoms with Crippen LogP contribution in [0.4, 0.5) is 5.69 Å². The molecule has 1 N–H and O–H groups in total. The van der Waals surface area contributed by atoms with E-state index in [9.17, 15) is 4.79 Å². The summed E-state index contributed by atoms with van der Waals surface area (Å²) in [4.78, 5) is 12.1. The maximum absolute atomic E-state index is 12.1. The third kappa shape index (κ3) is 4.18. The molecular weight excluding hydrogens is 266 g/mol. The molecule has 2 aromatic heterocycles. The number of rotatable bonds is 6. The van der Waals surface area contributed by atoms with Crippen molar-refractivity contribution in [3.8, 4) is 0 Å². The maximum atomic E-state index is 12.1. The third-order valence-electron chi connectivity index (χ3n) is 3.09. The third-order valence-corrected chi connectivity index (χ3v) is 3.09. The van der Waals surface area contributed by atoms with Crippen LogP contribution in [-0.2, 0) is 6.54 Å². The van der Waals surface area contributed by atoms with Gasteiger partial charge in [-0.3, -0.25) is 9.48 Å². The molecule has 0 fully saturated rings. The Morgan fingerprint density at radius 1 is 1.29 bits per heavy atom. The molecule has 114 valence electrons. The van der Waals surface area contributed by atoms with Crippen LogP contribution in [0.5, 0.6) is 0 Å². The monoisotopic (exact) mass is 289 g/mol. The highest BCUT2D eigenvalue weighted by atomic mass is 16.1. The van der Waals surface area contributed by atoms with Crippen molar-refractivity contribution in [2.75, 3.05) is 11.9 Å². The molecule has 0 aliphatic rings. The van der Waals surface area contributed by atoms with E-state index in [1.54, 1.807) is 12.3 Å². The lowest BCUT2D eigenvalue weighted by Crippen LogP contribution is -2.24. The van der Waals surface area contributed by atoms with Crippen LogP contribution in [-0.4, -0.2) is 26.1 Å². The standard InChI is InChI=1S/C15H23N5O/c1-11(2)8-16-14-7-15(21)20(17-9-14)10-13-5-6-19(18-13)12(3)4/h5-7,9,11-12,16H,8,10H2,1-4H3. The van der Waals surface area contributed by atoms with Crippen LogP contribution in [0.25, 0.3) is 0 Å². The van der Waals surface area contributed by atoms with E-state index in [0.29, 0.717) is 18.5 Å². The van der Waals surface area contributed by atoms with E-state index >= 15 is 0 Å². The van der Waals surface area contributed by atoms with E-state index in [0.717, 1.165) is 17.9 Å². The van der Waals surface area contributed by atoms with Gasteiger partial charge in [0.15, 0.2) is 0 Å². The second-order valence-corrected chi connectivity index (χ2v) is 5.90. The highest BCUT2D eigenvalue weighted by molar-refractivity contribution is 5.38. The van der Waals surface area contributed by atoms with Crippen molar-refractivity contribution in [2.24, 2.45) is 5.92 Å². The fourth-order valence-electron chi connectivity index (χ4n) is 1.87. The molecule has 0 saturated carbocycles. The van der Waals surface area contributed by atoms with Crippen LogP contribution >= 0.6 is 0 Å². The summed E-state index contributed by atoms with van der Waals surface area (Å²) in [5, 5.41) is 11.8. The average Bonchev–Trinajstić information content (AvgIpc) is 2.88. The number of hydrogen-bond donors (Lipinski definition) is 1. The molecule has 2 rings (SSSR count). The molecule has 0 amide bonds. The van der Waals surface area contributed by atoms with E-state index in [1.807, 2.05) is 16.9 Å². The first-order valence-electron chi connectivity index (χ1n) is 7.30. The number of aromatic nitrogens is 4. The molecule has 6 nitrogen and oxygen atoms in total. The van der Waals surface area contributed by atoms with Gasteiger partial charge in [0.25, 0.3) is 5.56 Å². The van der Waals surface area contributed by atoms with Crippen LogP contribution in [0.15, 0.2) is 29.3 Å². The van der Waals surface area contributed by atoms with Crippen molar-refractivity contribution >= 4 is 5.69 Å². The molecular formula is C15H23N5O. The molecule has 6 heteroatoms. The maximum Gasteiger partial charge on any atom is 0.269 e. The minimum absolute atomic E-state index is 0.122. The van der Waals surface area contributed by atoms with Crippen molar-refractivity contribution in [1.29, 1.82) is 0 Å². The van der Waals surface area contributed by atoms with Crippen molar-refractivity contribution in [1.82, 2.24) is 19.6 Å². The van der Waals surface area contributed by atoms with Gasteiger partial charge < -0.3 is 5.32 Å². The predicted octanol–water partition coefficient (Wildman–Crippen LogP) is 2.14. The van der Waals surface area contributed by atoms with Gasteiger partial charge >= 0.3 is 0 Å². The lowest BCUT2D eigenvalue weighted by Gasteiger charge is -2.09. The molecule has 0 atom stereocenters. The van der Waals surface area contributed by atoms with Gasteiger partial charge in [0.05, 0.1) is 24.1 Å². The SMILES string of the molecule is CC(C)CNc1cnn(Cc2ccn(C(C)C)n2)c(=O)c1. The van der Waals surface area contributed by atoms with Crippen molar-refractivity contribution < 1.29 is 0 Å². The van der Waals surface area contributed by atoms with Crippen LogP contribution in [0, 0.1) is 5.92 Å². The van der Waals surface area contributed by atoms with E-state index < -0.39 is 0 Å². The van der Waals surface area contributed by atoms with Gasteiger partial charge in [-0.2, -0.15) is 10.2 Å². The van der Waals surface area contributed by atoms with Crippen LogP contribution in [0.3, 0.4) is 0 Å². The molecule has 0 saturated heterocycles. The summed E-state index contributed by atoms with van der Waals surface area (Å²) in [7, 11) is 0. The zero-order valence-corrected chi connectivity index (χ0v) is 13.1. The van der Waals surface area contributed by atoms with Gasteiger partial charge in [0, 0.05) is 24.8 Å². The van der Waals surface area contributed by atoms with Gasteiger partial charge in [-0.1, -0.05) is 13.8 Å². The molecule has 0 aliphatic carbocycles. The Bertz CT molecular complexity index is 642. The van der Waals surface area contributed by atoms with Gasteiger partial charge in [-0.05, 0) is 25.8 Å². The minimum Gasteiger partial charge on any atom is -0.383 e. The first kappa shape index (κ1) is 15.3. The zero-order chi connectivity index (χ0) is 15.4. The largest absolute Gasteiger partial charge is 0.383 e. The van der Waals surface area contributed by atoms with Gasteiger partial charge in [-0.25, -0.2) is 4.68 Å². The molecule has 21 heavy (non-hydrogen) atoms. The molecule has 2 aromatic rings. The molecule has 0 aliphatic heterocycles. The average molecular weight is 289 g/mol. The first-order valence-corrected chi connectivity index (χ1v) is 7.30. The van der Waals surface area contributed by atoms with Gasteiger partial charge in [0.2, 0.25) is 0 Å². The fourth-order valence-corrected chi connectivity index (χ4v) is 1.87. The van der Waals surface area contributed by atoms with Gasteiger partial charge in [-0.15, -0.1) is 0 Å². The molecule has 0 spiro atoms. The van der Waals surface area contributed by atoms with Crippen molar-refractivity contribution in [2.45, 2.75) is 40.3 Å². The summed E-state index contributed by atoms with van der Waals surface area (Å²) in [5.41, 5.74) is 1.47. The van der Waals surface area contributed by atoms with Crippen LogP contribution in [0.2, 0.25) is 0 Å². The smallest absolute Gasteiger partial charge is 0.269 e. The predicted molar refractivity (Wildman–Crippen MR) is 83.5 cm³/mol. The number of nitrogens with one attached hydrogen (secondary N) is 1. The molecule has 0 radical (unpaired) electrons. The lowest BCUT2D eigenvalue weighted by atomic mass is 10.2. The summed E-state index contributed by atoms with van der Waals surface area (Å²) < 4.78 is 3.30. The number of hydrogen-bond acceptors (Lipinski definition) is 4. The summed E-state index contributed by atoms with van der Waals surface area (Å²) in [6.07, 6.45) is 3.60. The van der Waals surface area contributed by atoms with E-state index in [2.05, 4.69) is 43.2 Å². The highest BCUT2D eigenvalue weighted by Crippen LogP contribution is 2.06. The van der Waals surface area contributed by atoms with Gasteiger partial charge in [0.1, 0.15) is 0 Å². The quantitative estimate of drug-likeness (QED) is 0.885. The first-order chi connectivity index (χ1) is 9.95. The second-order valence-electron chi connectivity index (χ2n) is 5.90. The Hall–Kier alpha value is -2.11. The summed E-state index contributed by atoms with van der Waals surface area (Å²) in [6.45, 7) is 9.58. The van der Waals surface area contributed by atoms with Crippen molar-refractivity contribution in [3.63, 3.8) is 0 Å². The number of nitrogens with zero attached hydrogens (tertiary/aromatic N) is 4. The van der Waals surface area contributed by atoms with E-state index in [4.69, 9.17) is 0 Å². The molecule has 0 aromatic carbocycles. The second kappa shape index (κ2) is 6.56. The van der Waals surface area contributed by atoms with Crippen LogP contribution < -0.4 is 10.9 Å². The molecule has 2 heterocycles. The molecule has 0 bridgehead atoms. The normalized spacial score (nSPS) is 11.3. The Morgan fingerprint density at radius 2 is 2.05 bits per heavy atom. The summed E-state index contributed by atoms with van der Waals surface area (Å²) >= 11 is 0. The lowest BCUT2D eigenvalue weighted by molar-refractivity contribution is 0.518. The summed E-state index contributed by atoms with van der Waals surface area (Å²) in [6, 6.07) is 3.81. The fraction of sp³-hybridized carbons (Fsp3) is 0.533. The Labute approximate surface area is 124 Å². The Morgan fingerprint density at radius 3 is 2.62 bits per heavy atom. The minimum atomic E-state index is -0.122. The zero-order valence-electron chi connectivity index (χ0n) is 13.1. The summed E-state index contributed by atoms with van der Waals surface area (Å²) in [5.74, 6) is 0.521. The highest BCUT2D eigenvalue weighted by Gasteiger charge is 2.06.